The highest BCUT2D eigenvalue weighted by atomic mass is 16.5. The second-order valence-electron chi connectivity index (χ2n) is 9.28. The molecular formula is C21H30N2O4. The molecule has 1 saturated heterocycles. The molecule has 2 saturated carbocycles. The van der Waals surface area contributed by atoms with Crippen LogP contribution in [0.15, 0.2) is 0 Å². The number of rotatable bonds is 2. The average Bonchev–Trinajstić information content (AvgIpc) is 3.25. The number of H-pyrrole nitrogens is 1. The minimum Gasteiger partial charge on any atom is -0.464 e. The molecule has 1 aromatic heterocycles. The number of ether oxygens (including phenoxy) is 2. The van der Waals surface area contributed by atoms with Crippen LogP contribution in [0, 0.1) is 25.7 Å². The van der Waals surface area contributed by atoms with E-state index < -0.39 is 5.97 Å². The third-order valence-electron chi connectivity index (χ3n) is 6.76. The molecule has 0 radical (unpaired) electrons. The van der Waals surface area contributed by atoms with Gasteiger partial charge in [0.2, 0.25) is 0 Å². The number of methoxy groups -OCH3 is 1. The van der Waals surface area contributed by atoms with Crippen molar-refractivity contribution in [3.63, 3.8) is 0 Å². The monoisotopic (exact) mass is 374 g/mol. The molecule has 2 bridgehead atoms. The zero-order chi connectivity index (χ0) is 19.6. The summed E-state index contributed by atoms with van der Waals surface area (Å²) < 4.78 is 11.5. The first-order chi connectivity index (χ1) is 12.7. The first-order valence-corrected chi connectivity index (χ1v) is 9.93. The number of nitrogens with zero attached hydrogens (tertiary/aromatic N) is 1. The van der Waals surface area contributed by atoms with E-state index in [-0.39, 0.29) is 17.1 Å². The normalized spacial score (nSPS) is 31.5. The number of hydrogen-bond acceptors (Lipinski definition) is 4. The van der Waals surface area contributed by atoms with Gasteiger partial charge < -0.3 is 19.4 Å². The van der Waals surface area contributed by atoms with Crippen LogP contribution in [0.5, 0.6) is 0 Å². The second kappa shape index (κ2) is 6.09. The highest BCUT2D eigenvalue weighted by molar-refractivity contribution is 6.01. The molecule has 3 atom stereocenters. The van der Waals surface area contributed by atoms with Gasteiger partial charge in [-0.05, 0) is 70.8 Å². The van der Waals surface area contributed by atoms with Gasteiger partial charge in [0.05, 0.1) is 30.4 Å². The van der Waals surface area contributed by atoms with Crippen molar-refractivity contribution in [2.75, 3.05) is 20.2 Å². The van der Waals surface area contributed by atoms with Gasteiger partial charge in [-0.25, -0.2) is 4.79 Å². The number of morpholine rings is 1. The van der Waals surface area contributed by atoms with Crippen LogP contribution >= 0.6 is 0 Å². The van der Waals surface area contributed by atoms with Crippen LogP contribution in [-0.4, -0.2) is 53.2 Å². The standard InChI is InChI=1S/C21H30N2O4/c1-12-16(13(2)22-17(12)19(25)26-5)18(24)23-10-20(3,4)27-21(11-23)9-14-6-7-15(21)8-14/h14-15,22H,6-11H2,1-5H3/t14-,15+,21+/m1/s1. The van der Waals surface area contributed by atoms with E-state index in [4.69, 9.17) is 9.47 Å². The van der Waals surface area contributed by atoms with Gasteiger partial charge in [-0.3, -0.25) is 4.79 Å². The minimum atomic E-state index is -0.443. The summed E-state index contributed by atoms with van der Waals surface area (Å²) >= 11 is 0. The van der Waals surface area contributed by atoms with Gasteiger partial charge in [0.25, 0.3) is 5.91 Å². The number of fused-ring (bicyclic) bond motifs is 3. The smallest absolute Gasteiger partial charge is 0.354 e. The number of nitrogens with one attached hydrogen (secondary N) is 1. The highest BCUT2D eigenvalue weighted by Gasteiger charge is 2.57. The summed E-state index contributed by atoms with van der Waals surface area (Å²) in [5, 5.41) is 0. The van der Waals surface area contributed by atoms with Crippen LogP contribution in [0.2, 0.25) is 0 Å². The lowest BCUT2D eigenvalue weighted by molar-refractivity contribution is -0.208. The van der Waals surface area contributed by atoms with Crippen molar-refractivity contribution < 1.29 is 19.1 Å². The lowest BCUT2D eigenvalue weighted by Crippen LogP contribution is -2.62. The Balaban J connectivity index is 1.66. The summed E-state index contributed by atoms with van der Waals surface area (Å²) in [6, 6.07) is 0. The number of aromatic nitrogens is 1. The average molecular weight is 374 g/mol. The maximum Gasteiger partial charge on any atom is 0.354 e. The summed E-state index contributed by atoms with van der Waals surface area (Å²) in [6.45, 7) is 9.01. The Hall–Kier alpha value is -1.82. The molecule has 6 nitrogen and oxygen atoms in total. The Morgan fingerprint density at radius 2 is 1.96 bits per heavy atom. The van der Waals surface area contributed by atoms with E-state index in [2.05, 4.69) is 18.8 Å². The van der Waals surface area contributed by atoms with E-state index in [1.54, 1.807) is 0 Å². The summed E-state index contributed by atoms with van der Waals surface area (Å²) in [7, 11) is 1.35. The predicted molar refractivity (Wildman–Crippen MR) is 101 cm³/mol. The second-order valence-corrected chi connectivity index (χ2v) is 9.28. The van der Waals surface area contributed by atoms with Gasteiger partial charge in [-0.15, -0.1) is 0 Å². The van der Waals surface area contributed by atoms with Crippen LogP contribution < -0.4 is 0 Å². The summed E-state index contributed by atoms with van der Waals surface area (Å²) in [4.78, 5) is 30.5. The molecule has 1 spiro atoms. The minimum absolute atomic E-state index is 0.0186. The van der Waals surface area contributed by atoms with Crippen LogP contribution in [0.3, 0.4) is 0 Å². The maximum absolute atomic E-state index is 13.5. The highest BCUT2D eigenvalue weighted by Crippen LogP contribution is 2.55. The molecule has 0 unspecified atom stereocenters. The van der Waals surface area contributed by atoms with E-state index in [0.29, 0.717) is 41.5 Å². The molecule has 1 aromatic rings. The third kappa shape index (κ3) is 2.89. The van der Waals surface area contributed by atoms with Crippen molar-refractivity contribution in [3.05, 3.63) is 22.5 Å². The quantitative estimate of drug-likeness (QED) is 0.807. The molecule has 1 aliphatic heterocycles. The van der Waals surface area contributed by atoms with E-state index in [1.165, 1.54) is 26.4 Å². The molecule has 27 heavy (non-hydrogen) atoms. The van der Waals surface area contributed by atoms with Gasteiger partial charge in [0.1, 0.15) is 5.69 Å². The number of aromatic amines is 1. The SMILES string of the molecule is COC(=O)c1[nH]c(C)c(C(=O)N2CC(C)(C)O[C@@]3(C[C@@H]4CC[C@H]3C4)C2)c1C. The van der Waals surface area contributed by atoms with E-state index in [0.717, 1.165) is 12.3 Å². The van der Waals surface area contributed by atoms with Gasteiger partial charge in [0, 0.05) is 12.2 Å². The van der Waals surface area contributed by atoms with Crippen molar-refractivity contribution in [2.24, 2.45) is 11.8 Å². The summed E-state index contributed by atoms with van der Waals surface area (Å²) in [5.74, 6) is 0.829. The molecule has 2 heterocycles. The Bertz CT molecular complexity index is 796. The number of carbonyl (C=O) groups is 2. The Morgan fingerprint density at radius 1 is 1.22 bits per heavy atom. The lowest BCUT2D eigenvalue weighted by atomic mass is 9.81. The number of hydrogen-bond donors (Lipinski definition) is 1. The van der Waals surface area contributed by atoms with E-state index in [1.807, 2.05) is 18.7 Å². The fourth-order valence-electron chi connectivity index (χ4n) is 5.84. The number of carbonyl (C=O) groups excluding carboxylic acids is 2. The predicted octanol–water partition coefficient (Wildman–Crippen LogP) is 3.23. The fraction of sp³-hybridized carbons (Fsp3) is 0.714. The van der Waals surface area contributed by atoms with Crippen molar-refractivity contribution in [2.45, 2.75) is 64.6 Å². The molecule has 1 amide bonds. The van der Waals surface area contributed by atoms with Crippen molar-refractivity contribution in [3.8, 4) is 0 Å². The van der Waals surface area contributed by atoms with Crippen LogP contribution in [0.4, 0.5) is 0 Å². The topological polar surface area (TPSA) is 71.6 Å². The van der Waals surface area contributed by atoms with Gasteiger partial charge >= 0.3 is 5.97 Å². The molecule has 1 N–H and O–H groups in total. The first kappa shape index (κ1) is 18.5. The lowest BCUT2D eigenvalue weighted by Gasteiger charge is -2.52. The Morgan fingerprint density at radius 3 is 2.56 bits per heavy atom. The zero-order valence-electron chi connectivity index (χ0n) is 17.0. The summed E-state index contributed by atoms with van der Waals surface area (Å²) in [6.07, 6.45) is 4.79. The van der Waals surface area contributed by atoms with E-state index in [9.17, 15) is 9.59 Å². The molecular weight excluding hydrogens is 344 g/mol. The Kier molecular flexibility index (Phi) is 4.18. The van der Waals surface area contributed by atoms with Gasteiger partial charge in [-0.2, -0.15) is 0 Å². The molecule has 148 valence electrons. The molecule has 3 fully saturated rings. The van der Waals surface area contributed by atoms with Crippen LogP contribution in [-0.2, 0) is 9.47 Å². The number of amides is 1. The maximum atomic E-state index is 13.5. The van der Waals surface area contributed by atoms with Crippen LogP contribution in [0.25, 0.3) is 0 Å². The largest absolute Gasteiger partial charge is 0.464 e. The van der Waals surface area contributed by atoms with E-state index >= 15 is 0 Å². The molecule has 0 aromatic carbocycles. The Labute approximate surface area is 160 Å². The first-order valence-electron chi connectivity index (χ1n) is 9.93. The van der Waals surface area contributed by atoms with Crippen molar-refractivity contribution >= 4 is 11.9 Å². The molecule has 6 heteroatoms. The number of aryl methyl sites for hydroxylation is 1. The van der Waals surface area contributed by atoms with Gasteiger partial charge in [-0.1, -0.05) is 0 Å². The number of esters is 1. The van der Waals surface area contributed by atoms with Crippen LogP contribution in [0.1, 0.15) is 71.6 Å². The third-order valence-corrected chi connectivity index (χ3v) is 6.76. The molecule has 4 rings (SSSR count). The zero-order valence-corrected chi connectivity index (χ0v) is 17.0. The summed E-state index contributed by atoms with van der Waals surface area (Å²) in [5.41, 5.74) is 1.75. The van der Waals surface area contributed by atoms with Gasteiger partial charge in [0.15, 0.2) is 0 Å². The molecule has 2 aliphatic carbocycles. The molecule has 3 aliphatic rings. The van der Waals surface area contributed by atoms with Crippen molar-refractivity contribution in [1.29, 1.82) is 0 Å². The van der Waals surface area contributed by atoms with Crippen molar-refractivity contribution in [1.82, 2.24) is 9.88 Å². The fourth-order valence-corrected chi connectivity index (χ4v) is 5.84.